The van der Waals surface area contributed by atoms with Crippen molar-refractivity contribution in [3.05, 3.63) is 35.9 Å². The van der Waals surface area contributed by atoms with Crippen LogP contribution in [0.3, 0.4) is 0 Å². The topological polar surface area (TPSA) is 66.7 Å². The minimum Gasteiger partial charge on any atom is -0.390 e. The molecule has 1 saturated heterocycles. The molecule has 1 aromatic rings. The lowest BCUT2D eigenvalue weighted by Crippen LogP contribution is -2.21. The zero-order chi connectivity index (χ0) is 11.6. The van der Waals surface area contributed by atoms with Crippen molar-refractivity contribution in [3.8, 4) is 0 Å². The van der Waals surface area contributed by atoms with E-state index in [-0.39, 0.29) is 11.5 Å². The number of aliphatic hydroxyl groups excluding tert-OH is 1. The van der Waals surface area contributed by atoms with Crippen LogP contribution in [-0.2, 0) is 9.84 Å². The van der Waals surface area contributed by atoms with E-state index in [2.05, 4.69) is 4.99 Å². The maximum absolute atomic E-state index is 11.2. The van der Waals surface area contributed by atoms with Gasteiger partial charge in [0.2, 0.25) is 0 Å². The zero-order valence-corrected chi connectivity index (χ0v) is 9.47. The van der Waals surface area contributed by atoms with Gasteiger partial charge in [0.15, 0.2) is 9.84 Å². The third kappa shape index (κ3) is 2.68. The summed E-state index contributed by atoms with van der Waals surface area (Å²) in [5, 5.41) is 9.51. The largest absolute Gasteiger partial charge is 0.390 e. The lowest BCUT2D eigenvalue weighted by Gasteiger charge is -2.05. The molecular weight excluding hydrogens is 226 g/mol. The van der Waals surface area contributed by atoms with Gasteiger partial charge in [-0.3, -0.25) is 4.99 Å². The van der Waals surface area contributed by atoms with Gasteiger partial charge >= 0.3 is 0 Å². The van der Waals surface area contributed by atoms with Crippen molar-refractivity contribution in [2.75, 3.05) is 11.5 Å². The van der Waals surface area contributed by atoms with E-state index in [1.165, 1.54) is 0 Å². The van der Waals surface area contributed by atoms with Gasteiger partial charge < -0.3 is 5.11 Å². The van der Waals surface area contributed by atoms with E-state index in [0.29, 0.717) is 0 Å². The van der Waals surface area contributed by atoms with E-state index in [4.69, 9.17) is 0 Å². The second-order valence-electron chi connectivity index (χ2n) is 3.90. The van der Waals surface area contributed by atoms with Gasteiger partial charge in [-0.25, -0.2) is 8.42 Å². The lowest BCUT2D eigenvalue weighted by atomic mass is 10.2. The molecular formula is C11H13NO3S. The molecule has 1 aliphatic rings. The Bertz CT molecular complexity index is 481. The van der Waals surface area contributed by atoms with Gasteiger partial charge in [0.25, 0.3) is 0 Å². The molecule has 1 aliphatic heterocycles. The van der Waals surface area contributed by atoms with Crippen molar-refractivity contribution >= 4 is 16.1 Å². The molecule has 1 fully saturated rings. The van der Waals surface area contributed by atoms with E-state index < -0.39 is 22.0 Å². The highest BCUT2D eigenvalue weighted by atomic mass is 32.2. The molecule has 2 rings (SSSR count). The van der Waals surface area contributed by atoms with Gasteiger partial charge in [0.05, 0.1) is 23.7 Å². The Labute approximate surface area is 94.6 Å². The van der Waals surface area contributed by atoms with Crippen LogP contribution < -0.4 is 0 Å². The number of hydrogen-bond donors (Lipinski definition) is 1. The Morgan fingerprint density at radius 2 is 1.94 bits per heavy atom. The Kier molecular flexibility index (Phi) is 3.07. The van der Waals surface area contributed by atoms with Crippen LogP contribution in [0.5, 0.6) is 0 Å². The molecule has 2 atom stereocenters. The van der Waals surface area contributed by atoms with Gasteiger partial charge in [0, 0.05) is 6.21 Å². The lowest BCUT2D eigenvalue weighted by molar-refractivity contribution is 0.184. The van der Waals surface area contributed by atoms with E-state index in [1.807, 2.05) is 30.3 Å². The molecule has 0 aliphatic carbocycles. The molecule has 4 nitrogen and oxygen atoms in total. The van der Waals surface area contributed by atoms with Crippen LogP contribution in [0.1, 0.15) is 5.56 Å². The molecule has 1 N–H and O–H groups in total. The molecule has 0 amide bonds. The summed E-state index contributed by atoms with van der Waals surface area (Å²) >= 11 is 0. The second-order valence-corrected chi connectivity index (χ2v) is 6.05. The van der Waals surface area contributed by atoms with E-state index in [0.717, 1.165) is 5.56 Å². The van der Waals surface area contributed by atoms with E-state index in [1.54, 1.807) is 6.21 Å². The van der Waals surface area contributed by atoms with Crippen LogP contribution >= 0.6 is 0 Å². The number of aliphatic hydroxyl groups is 1. The molecule has 5 heteroatoms. The number of benzene rings is 1. The van der Waals surface area contributed by atoms with Crippen LogP contribution in [0, 0.1) is 0 Å². The van der Waals surface area contributed by atoms with Crippen LogP contribution in [0.4, 0.5) is 0 Å². The number of rotatable bonds is 2. The first-order valence-electron chi connectivity index (χ1n) is 5.03. The van der Waals surface area contributed by atoms with Gasteiger partial charge in [-0.2, -0.15) is 0 Å². The first-order chi connectivity index (χ1) is 7.57. The van der Waals surface area contributed by atoms with Crippen molar-refractivity contribution in [1.82, 2.24) is 0 Å². The number of sulfone groups is 1. The van der Waals surface area contributed by atoms with Crippen molar-refractivity contribution < 1.29 is 13.5 Å². The molecule has 0 saturated carbocycles. The van der Waals surface area contributed by atoms with E-state index in [9.17, 15) is 13.5 Å². The van der Waals surface area contributed by atoms with Gasteiger partial charge in [-0.15, -0.1) is 0 Å². The monoisotopic (exact) mass is 239 g/mol. The number of nitrogens with zero attached hydrogens (tertiary/aromatic N) is 1. The van der Waals surface area contributed by atoms with Crippen molar-refractivity contribution in [3.63, 3.8) is 0 Å². The minimum atomic E-state index is -3.11. The Hall–Kier alpha value is -1.20. The fourth-order valence-electron chi connectivity index (χ4n) is 1.67. The third-order valence-electron chi connectivity index (χ3n) is 2.51. The molecule has 86 valence electrons. The quantitative estimate of drug-likeness (QED) is 0.753. The second kappa shape index (κ2) is 4.35. The highest BCUT2D eigenvalue weighted by Crippen LogP contribution is 2.15. The van der Waals surface area contributed by atoms with Gasteiger partial charge in [-0.05, 0) is 5.56 Å². The first-order valence-corrected chi connectivity index (χ1v) is 6.86. The van der Waals surface area contributed by atoms with Crippen LogP contribution in [0.25, 0.3) is 0 Å². The molecule has 0 radical (unpaired) electrons. The summed E-state index contributed by atoms with van der Waals surface area (Å²) in [6.07, 6.45) is 0.735. The van der Waals surface area contributed by atoms with Crippen molar-refractivity contribution in [2.45, 2.75) is 12.1 Å². The molecule has 0 bridgehead atoms. The molecule has 0 spiro atoms. The highest BCUT2D eigenvalue weighted by Gasteiger charge is 2.35. The maximum Gasteiger partial charge on any atom is 0.155 e. The molecule has 0 unspecified atom stereocenters. The highest BCUT2D eigenvalue weighted by molar-refractivity contribution is 7.91. The van der Waals surface area contributed by atoms with Gasteiger partial charge in [0.1, 0.15) is 0 Å². The summed E-state index contributed by atoms with van der Waals surface area (Å²) in [4.78, 5) is 4.12. The minimum absolute atomic E-state index is 0.0580. The summed E-state index contributed by atoms with van der Waals surface area (Å²) in [6.45, 7) is 0. The normalized spacial score (nSPS) is 28.6. The molecule has 16 heavy (non-hydrogen) atoms. The predicted octanol–water partition coefficient (Wildman–Crippen LogP) is 0.263. The van der Waals surface area contributed by atoms with Crippen LogP contribution in [0.2, 0.25) is 0 Å². The fraction of sp³-hybridized carbons (Fsp3) is 0.364. The Morgan fingerprint density at radius 3 is 2.50 bits per heavy atom. The van der Waals surface area contributed by atoms with Crippen LogP contribution in [0.15, 0.2) is 35.3 Å². The Morgan fingerprint density at radius 1 is 1.25 bits per heavy atom. The van der Waals surface area contributed by atoms with E-state index >= 15 is 0 Å². The predicted molar refractivity (Wildman–Crippen MR) is 62.5 cm³/mol. The summed E-state index contributed by atoms with van der Waals surface area (Å²) in [6, 6.07) is 8.88. The third-order valence-corrected chi connectivity index (χ3v) is 4.21. The smallest absolute Gasteiger partial charge is 0.155 e. The average molecular weight is 239 g/mol. The summed E-state index contributed by atoms with van der Waals surface area (Å²) in [5.41, 5.74) is 0.902. The van der Waals surface area contributed by atoms with Crippen molar-refractivity contribution in [1.29, 1.82) is 0 Å². The summed E-state index contributed by atoms with van der Waals surface area (Å²) in [5.74, 6) is -0.235. The standard InChI is InChI=1S/C11H13NO3S/c13-11-8-16(14,15)7-10(11)12-6-9-4-2-1-3-5-9/h1-6,10-11,13H,7-8H2/t10-,11-/m1/s1. The molecule has 1 aromatic carbocycles. The summed E-state index contributed by atoms with van der Waals surface area (Å²) < 4.78 is 22.5. The maximum atomic E-state index is 11.2. The first kappa shape index (κ1) is 11.3. The summed E-state index contributed by atoms with van der Waals surface area (Å²) in [7, 11) is -3.11. The van der Waals surface area contributed by atoms with Gasteiger partial charge in [-0.1, -0.05) is 30.3 Å². The zero-order valence-electron chi connectivity index (χ0n) is 8.65. The molecule has 1 heterocycles. The van der Waals surface area contributed by atoms with Crippen LogP contribution in [-0.4, -0.2) is 43.4 Å². The fourth-order valence-corrected chi connectivity index (χ4v) is 3.38. The number of aliphatic imine (C=N–C) groups is 1. The number of hydrogen-bond acceptors (Lipinski definition) is 4. The van der Waals surface area contributed by atoms with Crippen molar-refractivity contribution in [2.24, 2.45) is 4.99 Å². The molecule has 0 aromatic heterocycles. The average Bonchev–Trinajstić information content (AvgIpc) is 2.50. The SMILES string of the molecule is O=S1(=O)C[C@@H](O)[C@H](N=Cc2ccccc2)C1. The Balaban J connectivity index is 2.09.